The minimum absolute atomic E-state index is 0.525. The highest BCUT2D eigenvalue weighted by Crippen LogP contribution is 2.36. The summed E-state index contributed by atoms with van der Waals surface area (Å²) in [5, 5.41) is 0. The second kappa shape index (κ2) is 4.21. The number of rotatable bonds is 3. The first kappa shape index (κ1) is 10.5. The third-order valence-electron chi connectivity index (χ3n) is 2.68. The summed E-state index contributed by atoms with van der Waals surface area (Å²) in [6.45, 7) is 3.47. The standard InChI is InChI=1S/C12H17NO2/c1-2-7-12(14-8-9-15-12)10-3-5-11(13)6-4-10/h3-6H,2,7-9,13H2,1H3. The molecule has 82 valence electrons. The number of nitrogen functional groups attached to an aromatic ring is 1. The number of benzene rings is 1. The Kier molecular flexibility index (Phi) is 2.93. The van der Waals surface area contributed by atoms with E-state index in [1.165, 1.54) is 0 Å². The number of ether oxygens (including phenoxy) is 2. The Morgan fingerprint density at radius 2 is 1.80 bits per heavy atom. The Morgan fingerprint density at radius 1 is 1.20 bits per heavy atom. The molecule has 1 aromatic rings. The lowest BCUT2D eigenvalue weighted by Gasteiger charge is -2.27. The van der Waals surface area contributed by atoms with Gasteiger partial charge in [0.25, 0.3) is 0 Å². The maximum atomic E-state index is 5.74. The molecule has 1 aliphatic rings. The molecule has 2 rings (SSSR count). The van der Waals surface area contributed by atoms with Crippen molar-refractivity contribution in [3.8, 4) is 0 Å². The molecular weight excluding hydrogens is 190 g/mol. The highest BCUT2D eigenvalue weighted by atomic mass is 16.7. The molecule has 1 heterocycles. The zero-order valence-corrected chi connectivity index (χ0v) is 9.03. The smallest absolute Gasteiger partial charge is 0.194 e. The fourth-order valence-electron chi connectivity index (χ4n) is 1.98. The van der Waals surface area contributed by atoms with Crippen molar-refractivity contribution in [2.45, 2.75) is 25.6 Å². The van der Waals surface area contributed by atoms with E-state index < -0.39 is 5.79 Å². The quantitative estimate of drug-likeness (QED) is 0.773. The van der Waals surface area contributed by atoms with Gasteiger partial charge in [0.1, 0.15) is 0 Å². The minimum atomic E-state index is -0.525. The summed E-state index contributed by atoms with van der Waals surface area (Å²) in [6.07, 6.45) is 1.92. The first-order valence-corrected chi connectivity index (χ1v) is 5.41. The van der Waals surface area contributed by atoms with Crippen molar-refractivity contribution in [1.29, 1.82) is 0 Å². The van der Waals surface area contributed by atoms with Crippen LogP contribution in [0.3, 0.4) is 0 Å². The van der Waals surface area contributed by atoms with Crippen LogP contribution in [-0.2, 0) is 15.3 Å². The van der Waals surface area contributed by atoms with Gasteiger partial charge in [-0.15, -0.1) is 0 Å². The van der Waals surface area contributed by atoms with E-state index in [0.717, 1.165) is 24.1 Å². The maximum absolute atomic E-state index is 5.74. The predicted molar refractivity (Wildman–Crippen MR) is 59.3 cm³/mol. The molecule has 0 bridgehead atoms. The summed E-state index contributed by atoms with van der Waals surface area (Å²) in [6, 6.07) is 7.74. The summed E-state index contributed by atoms with van der Waals surface area (Å²) in [5.41, 5.74) is 7.49. The van der Waals surface area contributed by atoms with Crippen molar-refractivity contribution in [2.24, 2.45) is 0 Å². The van der Waals surface area contributed by atoms with Crippen LogP contribution >= 0.6 is 0 Å². The minimum Gasteiger partial charge on any atom is -0.399 e. The summed E-state index contributed by atoms with van der Waals surface area (Å²) in [7, 11) is 0. The van der Waals surface area contributed by atoms with E-state index in [1.54, 1.807) is 0 Å². The van der Waals surface area contributed by atoms with Crippen LogP contribution in [0.25, 0.3) is 0 Å². The molecule has 0 amide bonds. The Hall–Kier alpha value is -1.06. The SMILES string of the molecule is CCCC1(c2ccc(N)cc2)OCCO1. The van der Waals surface area contributed by atoms with E-state index in [4.69, 9.17) is 15.2 Å². The fourth-order valence-corrected chi connectivity index (χ4v) is 1.98. The van der Waals surface area contributed by atoms with E-state index in [9.17, 15) is 0 Å². The summed E-state index contributed by atoms with van der Waals surface area (Å²) >= 11 is 0. The van der Waals surface area contributed by atoms with Crippen LogP contribution in [0.5, 0.6) is 0 Å². The van der Waals surface area contributed by atoms with Gasteiger partial charge in [-0.2, -0.15) is 0 Å². The lowest BCUT2D eigenvalue weighted by atomic mass is 10.0. The van der Waals surface area contributed by atoms with Crippen LogP contribution in [0.15, 0.2) is 24.3 Å². The number of nitrogens with two attached hydrogens (primary N) is 1. The Morgan fingerprint density at radius 3 is 2.33 bits per heavy atom. The predicted octanol–water partition coefficient (Wildman–Crippen LogP) is 2.27. The molecule has 1 aromatic carbocycles. The Bertz CT molecular complexity index is 315. The monoisotopic (exact) mass is 207 g/mol. The molecule has 3 nitrogen and oxygen atoms in total. The summed E-state index contributed by atoms with van der Waals surface area (Å²) < 4.78 is 11.5. The zero-order valence-electron chi connectivity index (χ0n) is 9.03. The third-order valence-corrected chi connectivity index (χ3v) is 2.68. The molecule has 0 aromatic heterocycles. The Labute approximate surface area is 90.2 Å². The molecule has 1 saturated heterocycles. The molecule has 0 unspecified atom stereocenters. The highest BCUT2D eigenvalue weighted by Gasteiger charge is 2.37. The lowest BCUT2D eigenvalue weighted by molar-refractivity contribution is -0.170. The lowest BCUT2D eigenvalue weighted by Crippen LogP contribution is -2.26. The van der Waals surface area contributed by atoms with Gasteiger partial charge in [0.2, 0.25) is 0 Å². The van der Waals surface area contributed by atoms with Crippen LogP contribution in [0.4, 0.5) is 5.69 Å². The van der Waals surface area contributed by atoms with Gasteiger partial charge in [0.15, 0.2) is 5.79 Å². The van der Waals surface area contributed by atoms with E-state index in [1.807, 2.05) is 24.3 Å². The zero-order chi connectivity index (χ0) is 10.7. The average molecular weight is 207 g/mol. The second-order valence-corrected chi connectivity index (χ2v) is 3.82. The first-order valence-electron chi connectivity index (χ1n) is 5.41. The molecular formula is C12H17NO2. The van der Waals surface area contributed by atoms with Gasteiger partial charge in [-0.25, -0.2) is 0 Å². The largest absolute Gasteiger partial charge is 0.399 e. The van der Waals surface area contributed by atoms with Gasteiger partial charge < -0.3 is 15.2 Å². The topological polar surface area (TPSA) is 44.5 Å². The van der Waals surface area contributed by atoms with Gasteiger partial charge in [0, 0.05) is 17.7 Å². The third kappa shape index (κ3) is 1.98. The second-order valence-electron chi connectivity index (χ2n) is 3.82. The van der Waals surface area contributed by atoms with Crippen LogP contribution in [-0.4, -0.2) is 13.2 Å². The van der Waals surface area contributed by atoms with E-state index >= 15 is 0 Å². The van der Waals surface area contributed by atoms with Gasteiger partial charge in [0.05, 0.1) is 13.2 Å². The van der Waals surface area contributed by atoms with Crippen molar-refractivity contribution >= 4 is 5.69 Å². The van der Waals surface area contributed by atoms with Crippen LogP contribution in [0.2, 0.25) is 0 Å². The van der Waals surface area contributed by atoms with Gasteiger partial charge in [-0.1, -0.05) is 25.5 Å². The molecule has 3 heteroatoms. The Balaban J connectivity index is 2.28. The highest BCUT2D eigenvalue weighted by molar-refractivity contribution is 5.40. The van der Waals surface area contributed by atoms with Gasteiger partial charge >= 0.3 is 0 Å². The molecule has 1 aliphatic heterocycles. The molecule has 2 N–H and O–H groups in total. The van der Waals surface area contributed by atoms with Gasteiger partial charge in [-0.05, 0) is 12.1 Å². The van der Waals surface area contributed by atoms with Gasteiger partial charge in [-0.3, -0.25) is 0 Å². The number of hydrogen-bond acceptors (Lipinski definition) is 3. The van der Waals surface area contributed by atoms with E-state index in [0.29, 0.717) is 13.2 Å². The fraction of sp³-hybridized carbons (Fsp3) is 0.500. The van der Waals surface area contributed by atoms with Crippen LogP contribution < -0.4 is 5.73 Å². The molecule has 0 atom stereocenters. The molecule has 0 radical (unpaired) electrons. The molecule has 0 aliphatic carbocycles. The van der Waals surface area contributed by atoms with Crippen molar-refractivity contribution in [3.05, 3.63) is 29.8 Å². The average Bonchev–Trinajstić information content (AvgIpc) is 2.69. The first-order chi connectivity index (χ1) is 7.27. The molecule has 0 saturated carbocycles. The molecule has 0 spiro atoms. The van der Waals surface area contributed by atoms with Crippen molar-refractivity contribution in [1.82, 2.24) is 0 Å². The molecule has 15 heavy (non-hydrogen) atoms. The maximum Gasteiger partial charge on any atom is 0.194 e. The van der Waals surface area contributed by atoms with Crippen LogP contribution in [0.1, 0.15) is 25.3 Å². The van der Waals surface area contributed by atoms with Crippen molar-refractivity contribution < 1.29 is 9.47 Å². The summed E-state index contributed by atoms with van der Waals surface area (Å²) in [4.78, 5) is 0. The number of anilines is 1. The number of hydrogen-bond donors (Lipinski definition) is 1. The van der Waals surface area contributed by atoms with Crippen LogP contribution in [0, 0.1) is 0 Å². The normalized spacial score (nSPS) is 19.3. The van der Waals surface area contributed by atoms with E-state index in [2.05, 4.69) is 6.92 Å². The van der Waals surface area contributed by atoms with Crippen molar-refractivity contribution in [2.75, 3.05) is 18.9 Å². The summed E-state index contributed by atoms with van der Waals surface area (Å²) in [5.74, 6) is -0.525. The van der Waals surface area contributed by atoms with Crippen molar-refractivity contribution in [3.63, 3.8) is 0 Å². The van der Waals surface area contributed by atoms with E-state index in [-0.39, 0.29) is 0 Å². The molecule has 1 fully saturated rings.